The molecule has 1 aromatic heterocycles. The molecule has 0 atom stereocenters. The Bertz CT molecular complexity index is 881. The van der Waals surface area contributed by atoms with E-state index in [0.29, 0.717) is 10.6 Å². The van der Waals surface area contributed by atoms with Crippen LogP contribution in [0.2, 0.25) is 0 Å². The average Bonchev–Trinajstić information content (AvgIpc) is 2.80. The third kappa shape index (κ3) is 2.39. The summed E-state index contributed by atoms with van der Waals surface area (Å²) in [5.74, 6) is 0. The van der Waals surface area contributed by atoms with E-state index in [4.69, 9.17) is 5.73 Å². The number of hydrogen-bond donors (Lipinski definition) is 1. The molecule has 0 amide bonds. The van der Waals surface area contributed by atoms with Gasteiger partial charge in [0, 0.05) is 17.5 Å². The van der Waals surface area contributed by atoms with E-state index in [9.17, 15) is 8.42 Å². The first-order valence-electron chi connectivity index (χ1n) is 5.90. The molecule has 0 aliphatic heterocycles. The van der Waals surface area contributed by atoms with Crippen LogP contribution >= 0.6 is 11.3 Å². The van der Waals surface area contributed by atoms with Crippen LogP contribution < -0.4 is 5.73 Å². The summed E-state index contributed by atoms with van der Waals surface area (Å²) in [4.78, 5) is 4.84. The summed E-state index contributed by atoms with van der Waals surface area (Å²) in [6, 6.07) is 12.3. The highest BCUT2D eigenvalue weighted by Gasteiger charge is 2.09. The van der Waals surface area contributed by atoms with Crippen molar-refractivity contribution in [3.63, 3.8) is 0 Å². The molecule has 4 nitrogen and oxygen atoms in total. The standard InChI is InChI=1S/C14H12N2O2S2/c1-20(17,18)11-5-2-9(3-6-11)14-16-12-7-4-10(15)8-13(12)19-14/h2-8H,15H2,1H3. The number of nitrogens with zero attached hydrogens (tertiary/aromatic N) is 1. The van der Waals surface area contributed by atoms with Gasteiger partial charge in [-0.1, -0.05) is 12.1 Å². The molecule has 20 heavy (non-hydrogen) atoms. The fourth-order valence-electron chi connectivity index (χ4n) is 1.91. The van der Waals surface area contributed by atoms with Gasteiger partial charge in [-0.15, -0.1) is 11.3 Å². The Hall–Kier alpha value is -1.92. The third-order valence-electron chi connectivity index (χ3n) is 2.94. The van der Waals surface area contributed by atoms with E-state index in [1.807, 2.05) is 18.2 Å². The van der Waals surface area contributed by atoms with E-state index in [1.54, 1.807) is 24.3 Å². The molecular weight excluding hydrogens is 292 g/mol. The van der Waals surface area contributed by atoms with Gasteiger partial charge in [-0.3, -0.25) is 0 Å². The molecule has 0 saturated carbocycles. The smallest absolute Gasteiger partial charge is 0.175 e. The van der Waals surface area contributed by atoms with E-state index < -0.39 is 9.84 Å². The van der Waals surface area contributed by atoms with Crippen molar-refractivity contribution in [2.45, 2.75) is 4.90 Å². The molecule has 102 valence electrons. The van der Waals surface area contributed by atoms with Crippen LogP contribution in [0.1, 0.15) is 0 Å². The Morgan fingerprint density at radius 3 is 2.45 bits per heavy atom. The van der Waals surface area contributed by atoms with Crippen molar-refractivity contribution >= 4 is 37.1 Å². The van der Waals surface area contributed by atoms with E-state index in [1.165, 1.54) is 17.6 Å². The number of thiazole rings is 1. The molecule has 0 fully saturated rings. The number of aromatic nitrogens is 1. The van der Waals surface area contributed by atoms with Gasteiger partial charge >= 0.3 is 0 Å². The number of fused-ring (bicyclic) bond motifs is 1. The molecule has 3 rings (SSSR count). The second-order valence-electron chi connectivity index (χ2n) is 4.54. The Balaban J connectivity index is 2.07. The van der Waals surface area contributed by atoms with Crippen molar-refractivity contribution in [3.05, 3.63) is 42.5 Å². The second-order valence-corrected chi connectivity index (χ2v) is 7.59. The summed E-state index contributed by atoms with van der Waals surface area (Å²) in [6.45, 7) is 0. The van der Waals surface area contributed by atoms with Crippen molar-refractivity contribution in [3.8, 4) is 10.6 Å². The molecule has 6 heteroatoms. The number of rotatable bonds is 2. The monoisotopic (exact) mass is 304 g/mol. The molecule has 2 N–H and O–H groups in total. The molecule has 0 radical (unpaired) electrons. The van der Waals surface area contributed by atoms with Crippen LogP contribution in [0.25, 0.3) is 20.8 Å². The maximum atomic E-state index is 11.4. The van der Waals surface area contributed by atoms with Crippen LogP contribution in [0.15, 0.2) is 47.4 Å². The summed E-state index contributed by atoms with van der Waals surface area (Å²) in [6.07, 6.45) is 1.20. The largest absolute Gasteiger partial charge is 0.399 e. The predicted molar refractivity (Wildman–Crippen MR) is 82.6 cm³/mol. The summed E-state index contributed by atoms with van der Waals surface area (Å²) < 4.78 is 23.9. The number of hydrogen-bond acceptors (Lipinski definition) is 5. The van der Waals surface area contributed by atoms with Gasteiger partial charge in [0.25, 0.3) is 0 Å². The third-order valence-corrected chi connectivity index (χ3v) is 5.14. The van der Waals surface area contributed by atoms with Gasteiger partial charge < -0.3 is 5.73 Å². The summed E-state index contributed by atoms with van der Waals surface area (Å²) in [5, 5.41) is 0.852. The Labute approximate surface area is 120 Å². The lowest BCUT2D eigenvalue weighted by Crippen LogP contribution is -1.96. The minimum atomic E-state index is -3.17. The highest BCUT2D eigenvalue weighted by Crippen LogP contribution is 2.31. The van der Waals surface area contributed by atoms with Crippen LogP contribution in [0.5, 0.6) is 0 Å². The maximum absolute atomic E-state index is 11.4. The number of sulfone groups is 1. The average molecular weight is 304 g/mol. The van der Waals surface area contributed by atoms with Gasteiger partial charge in [-0.25, -0.2) is 13.4 Å². The van der Waals surface area contributed by atoms with Crippen molar-refractivity contribution in [2.75, 3.05) is 12.0 Å². The van der Waals surface area contributed by atoms with Gasteiger partial charge in [0.1, 0.15) is 5.01 Å². The molecule has 0 spiro atoms. The van der Waals surface area contributed by atoms with Gasteiger partial charge in [0.15, 0.2) is 9.84 Å². The van der Waals surface area contributed by atoms with Crippen LogP contribution in [-0.4, -0.2) is 19.7 Å². The van der Waals surface area contributed by atoms with Crippen molar-refractivity contribution in [1.29, 1.82) is 0 Å². The zero-order valence-corrected chi connectivity index (χ0v) is 12.3. The van der Waals surface area contributed by atoms with Gasteiger partial charge in [-0.2, -0.15) is 0 Å². The van der Waals surface area contributed by atoms with E-state index in [-0.39, 0.29) is 0 Å². The lowest BCUT2D eigenvalue weighted by atomic mass is 10.2. The topological polar surface area (TPSA) is 73.0 Å². The predicted octanol–water partition coefficient (Wildman–Crippen LogP) is 2.95. The van der Waals surface area contributed by atoms with Gasteiger partial charge in [-0.05, 0) is 30.3 Å². The Kier molecular flexibility index (Phi) is 2.99. The van der Waals surface area contributed by atoms with E-state index >= 15 is 0 Å². The number of anilines is 1. The molecular formula is C14H12N2O2S2. The number of benzene rings is 2. The van der Waals surface area contributed by atoms with Gasteiger partial charge in [0.2, 0.25) is 0 Å². The van der Waals surface area contributed by atoms with Crippen molar-refractivity contribution < 1.29 is 8.42 Å². The molecule has 0 bridgehead atoms. The lowest BCUT2D eigenvalue weighted by molar-refractivity contribution is 0.602. The number of nitrogen functional groups attached to an aromatic ring is 1. The highest BCUT2D eigenvalue weighted by molar-refractivity contribution is 7.90. The van der Waals surface area contributed by atoms with Crippen LogP contribution in [0, 0.1) is 0 Å². The maximum Gasteiger partial charge on any atom is 0.175 e. The molecule has 0 saturated heterocycles. The molecule has 0 aliphatic carbocycles. The van der Waals surface area contributed by atoms with Crippen LogP contribution in [0.4, 0.5) is 5.69 Å². The Morgan fingerprint density at radius 1 is 1.10 bits per heavy atom. The normalized spacial score (nSPS) is 11.8. The summed E-state index contributed by atoms with van der Waals surface area (Å²) >= 11 is 1.54. The zero-order valence-electron chi connectivity index (χ0n) is 10.7. The Morgan fingerprint density at radius 2 is 1.80 bits per heavy atom. The van der Waals surface area contributed by atoms with Crippen molar-refractivity contribution in [2.24, 2.45) is 0 Å². The fraction of sp³-hybridized carbons (Fsp3) is 0.0714. The molecule has 3 aromatic rings. The number of nitrogens with two attached hydrogens (primary N) is 1. The van der Waals surface area contributed by atoms with Crippen LogP contribution in [0.3, 0.4) is 0 Å². The highest BCUT2D eigenvalue weighted by atomic mass is 32.2. The zero-order chi connectivity index (χ0) is 14.3. The molecule has 2 aromatic carbocycles. The quantitative estimate of drug-likeness (QED) is 0.739. The minimum absolute atomic E-state index is 0.312. The first-order chi connectivity index (χ1) is 9.43. The summed E-state index contributed by atoms with van der Waals surface area (Å²) in [5.41, 5.74) is 8.26. The lowest BCUT2D eigenvalue weighted by Gasteiger charge is -1.99. The van der Waals surface area contributed by atoms with Crippen molar-refractivity contribution in [1.82, 2.24) is 4.98 Å². The fourth-order valence-corrected chi connectivity index (χ4v) is 3.56. The molecule has 1 heterocycles. The van der Waals surface area contributed by atoms with E-state index in [0.717, 1.165) is 20.8 Å². The first kappa shape index (κ1) is 13.1. The molecule has 0 aliphatic rings. The molecule has 0 unspecified atom stereocenters. The first-order valence-corrected chi connectivity index (χ1v) is 8.61. The van der Waals surface area contributed by atoms with Crippen LogP contribution in [-0.2, 0) is 9.84 Å². The SMILES string of the molecule is CS(=O)(=O)c1ccc(-c2nc3ccc(N)cc3s2)cc1. The second kappa shape index (κ2) is 4.57. The van der Waals surface area contributed by atoms with Gasteiger partial charge in [0.05, 0.1) is 15.1 Å². The summed E-state index contributed by atoms with van der Waals surface area (Å²) in [7, 11) is -3.17. The minimum Gasteiger partial charge on any atom is -0.399 e. The van der Waals surface area contributed by atoms with E-state index in [2.05, 4.69) is 4.98 Å².